The highest BCUT2D eigenvalue weighted by molar-refractivity contribution is 5.92. The summed E-state index contributed by atoms with van der Waals surface area (Å²) >= 11 is 0. The van der Waals surface area contributed by atoms with E-state index in [9.17, 15) is 14.4 Å². The summed E-state index contributed by atoms with van der Waals surface area (Å²) in [7, 11) is 2.70. The van der Waals surface area contributed by atoms with Gasteiger partial charge in [-0.3, -0.25) is 14.4 Å². The average Bonchev–Trinajstić information content (AvgIpc) is 3.24. The van der Waals surface area contributed by atoms with E-state index in [-0.39, 0.29) is 46.8 Å². The molecule has 0 aromatic carbocycles. The number of carbonyl (C=O) groups is 3. The first-order valence-electron chi connectivity index (χ1n) is 6.53. The lowest BCUT2D eigenvalue weighted by Gasteiger charge is -2.01. The third kappa shape index (κ3) is 2.38. The van der Waals surface area contributed by atoms with Crippen molar-refractivity contribution < 1.29 is 23.9 Å². The van der Waals surface area contributed by atoms with E-state index in [2.05, 4.69) is 4.74 Å². The molecule has 106 valence electrons. The SMILES string of the molecule is COC(=O)C1CC1C(=O)C[C@H]1[C@@H](C(=O)OC)C1(C)C. The van der Waals surface area contributed by atoms with Gasteiger partial charge in [-0.2, -0.15) is 0 Å². The van der Waals surface area contributed by atoms with Gasteiger partial charge < -0.3 is 9.47 Å². The molecule has 5 heteroatoms. The van der Waals surface area contributed by atoms with E-state index in [0.29, 0.717) is 12.8 Å². The summed E-state index contributed by atoms with van der Waals surface area (Å²) in [4.78, 5) is 34.9. The zero-order valence-corrected chi connectivity index (χ0v) is 11.8. The molecule has 2 saturated carbocycles. The van der Waals surface area contributed by atoms with Crippen molar-refractivity contribution in [2.24, 2.45) is 29.1 Å². The number of hydrogen-bond donors (Lipinski definition) is 0. The molecule has 2 unspecified atom stereocenters. The molecule has 0 aromatic heterocycles. The molecule has 0 saturated heterocycles. The Morgan fingerprint density at radius 2 is 1.63 bits per heavy atom. The molecule has 0 N–H and O–H groups in total. The number of hydrogen-bond acceptors (Lipinski definition) is 5. The molecule has 2 aliphatic carbocycles. The van der Waals surface area contributed by atoms with Gasteiger partial charge in [0, 0.05) is 12.3 Å². The number of ether oxygens (including phenoxy) is 2. The third-order valence-corrected chi connectivity index (χ3v) is 4.63. The molecule has 0 bridgehead atoms. The zero-order chi connectivity index (χ0) is 14.4. The Labute approximate surface area is 112 Å². The van der Waals surface area contributed by atoms with Gasteiger partial charge >= 0.3 is 11.9 Å². The van der Waals surface area contributed by atoms with E-state index in [1.54, 1.807) is 0 Å². The minimum atomic E-state index is -0.307. The summed E-state index contributed by atoms with van der Waals surface area (Å²) < 4.78 is 9.38. The van der Waals surface area contributed by atoms with Crippen LogP contribution >= 0.6 is 0 Å². The Hall–Kier alpha value is -1.39. The first-order chi connectivity index (χ1) is 8.84. The van der Waals surface area contributed by atoms with E-state index < -0.39 is 0 Å². The van der Waals surface area contributed by atoms with Crippen LogP contribution in [-0.2, 0) is 23.9 Å². The summed E-state index contributed by atoms with van der Waals surface area (Å²) in [5, 5.41) is 0. The Morgan fingerprint density at radius 1 is 1.05 bits per heavy atom. The van der Waals surface area contributed by atoms with Crippen LogP contribution in [0.3, 0.4) is 0 Å². The monoisotopic (exact) mass is 268 g/mol. The van der Waals surface area contributed by atoms with Crippen LogP contribution in [0.25, 0.3) is 0 Å². The van der Waals surface area contributed by atoms with Gasteiger partial charge in [-0.1, -0.05) is 13.8 Å². The van der Waals surface area contributed by atoms with Gasteiger partial charge in [-0.05, 0) is 17.8 Å². The van der Waals surface area contributed by atoms with E-state index in [4.69, 9.17) is 4.74 Å². The fraction of sp³-hybridized carbons (Fsp3) is 0.786. The number of methoxy groups -OCH3 is 2. The van der Waals surface area contributed by atoms with Crippen molar-refractivity contribution in [1.82, 2.24) is 0 Å². The molecule has 2 rings (SSSR count). The Balaban J connectivity index is 1.88. The highest BCUT2D eigenvalue weighted by Crippen LogP contribution is 2.61. The van der Waals surface area contributed by atoms with Crippen LogP contribution in [0.1, 0.15) is 26.7 Å². The van der Waals surface area contributed by atoms with Gasteiger partial charge in [0.2, 0.25) is 0 Å². The van der Waals surface area contributed by atoms with Gasteiger partial charge in [-0.15, -0.1) is 0 Å². The molecular formula is C14H20O5. The molecule has 0 radical (unpaired) electrons. The number of rotatable bonds is 5. The largest absolute Gasteiger partial charge is 0.469 e. The lowest BCUT2D eigenvalue weighted by molar-refractivity contribution is -0.144. The van der Waals surface area contributed by atoms with Crippen molar-refractivity contribution in [2.45, 2.75) is 26.7 Å². The minimum Gasteiger partial charge on any atom is -0.469 e. The third-order valence-electron chi connectivity index (χ3n) is 4.63. The summed E-state index contributed by atoms with van der Waals surface area (Å²) in [6.07, 6.45) is 0.937. The van der Waals surface area contributed by atoms with Gasteiger partial charge in [0.25, 0.3) is 0 Å². The minimum absolute atomic E-state index is 0.0337. The standard InChI is InChI=1S/C14H20O5/c1-14(2)9(11(14)13(17)19-4)6-10(15)7-5-8(7)12(16)18-3/h7-9,11H,5-6H2,1-4H3/t7?,8?,9-,11-/m0/s1. The van der Waals surface area contributed by atoms with Crippen molar-refractivity contribution in [3.63, 3.8) is 0 Å². The topological polar surface area (TPSA) is 69.7 Å². The molecule has 5 nitrogen and oxygen atoms in total. The quantitative estimate of drug-likeness (QED) is 0.701. The lowest BCUT2D eigenvalue weighted by Crippen LogP contribution is -2.12. The maximum Gasteiger partial charge on any atom is 0.309 e. The number of Topliss-reactive ketones (excluding diaryl/α,β-unsaturated/α-hetero) is 1. The average molecular weight is 268 g/mol. The molecule has 0 amide bonds. The first-order valence-corrected chi connectivity index (χ1v) is 6.53. The molecule has 0 heterocycles. The lowest BCUT2D eigenvalue weighted by atomic mass is 10.0. The van der Waals surface area contributed by atoms with Gasteiger partial charge in [-0.25, -0.2) is 0 Å². The Kier molecular flexibility index (Phi) is 3.41. The first kappa shape index (κ1) is 14.0. The van der Waals surface area contributed by atoms with Crippen molar-refractivity contribution >= 4 is 17.7 Å². The summed E-state index contributed by atoms with van der Waals surface area (Å²) in [6.45, 7) is 3.94. The number of ketones is 1. The molecule has 0 spiro atoms. The van der Waals surface area contributed by atoms with E-state index in [0.717, 1.165) is 0 Å². The normalized spacial score (nSPS) is 34.3. The van der Waals surface area contributed by atoms with Gasteiger partial charge in [0.15, 0.2) is 0 Å². The molecule has 0 aliphatic heterocycles. The summed E-state index contributed by atoms with van der Waals surface area (Å²) in [6, 6.07) is 0. The number of esters is 2. The maximum absolute atomic E-state index is 12.1. The van der Waals surface area contributed by atoms with Crippen molar-refractivity contribution in [2.75, 3.05) is 14.2 Å². The fourth-order valence-electron chi connectivity index (χ4n) is 3.05. The molecule has 2 aliphatic rings. The summed E-state index contributed by atoms with van der Waals surface area (Å²) in [5.74, 6) is -1.12. The second kappa shape index (κ2) is 4.62. The van der Waals surface area contributed by atoms with Crippen molar-refractivity contribution in [3.05, 3.63) is 0 Å². The Bertz CT molecular complexity index is 426. The molecule has 4 atom stereocenters. The van der Waals surface area contributed by atoms with E-state index >= 15 is 0 Å². The fourth-order valence-corrected chi connectivity index (χ4v) is 3.05. The van der Waals surface area contributed by atoms with Crippen LogP contribution in [0.4, 0.5) is 0 Å². The second-order valence-electron chi connectivity index (χ2n) is 6.07. The molecule has 19 heavy (non-hydrogen) atoms. The second-order valence-corrected chi connectivity index (χ2v) is 6.07. The Morgan fingerprint density at radius 3 is 2.16 bits per heavy atom. The van der Waals surface area contributed by atoms with Crippen LogP contribution in [-0.4, -0.2) is 31.9 Å². The van der Waals surface area contributed by atoms with Crippen LogP contribution in [0.15, 0.2) is 0 Å². The maximum atomic E-state index is 12.1. The predicted octanol–water partition coefficient (Wildman–Crippen LogP) is 1.20. The van der Waals surface area contributed by atoms with Crippen LogP contribution in [0.2, 0.25) is 0 Å². The molecular weight excluding hydrogens is 248 g/mol. The zero-order valence-electron chi connectivity index (χ0n) is 11.8. The smallest absolute Gasteiger partial charge is 0.309 e. The summed E-state index contributed by atoms with van der Waals surface area (Å²) in [5.41, 5.74) is -0.182. The highest BCUT2D eigenvalue weighted by Gasteiger charge is 2.63. The van der Waals surface area contributed by atoms with Crippen molar-refractivity contribution in [1.29, 1.82) is 0 Å². The van der Waals surface area contributed by atoms with E-state index in [1.807, 2.05) is 13.8 Å². The highest BCUT2D eigenvalue weighted by atomic mass is 16.5. The van der Waals surface area contributed by atoms with Crippen LogP contribution in [0, 0.1) is 29.1 Å². The van der Waals surface area contributed by atoms with E-state index in [1.165, 1.54) is 14.2 Å². The van der Waals surface area contributed by atoms with Crippen LogP contribution < -0.4 is 0 Å². The molecule has 2 fully saturated rings. The van der Waals surface area contributed by atoms with Gasteiger partial charge in [0.05, 0.1) is 26.1 Å². The predicted molar refractivity (Wildman–Crippen MR) is 66.0 cm³/mol. The van der Waals surface area contributed by atoms with Gasteiger partial charge in [0.1, 0.15) is 5.78 Å². The van der Waals surface area contributed by atoms with Crippen molar-refractivity contribution in [3.8, 4) is 0 Å². The van der Waals surface area contributed by atoms with Crippen LogP contribution in [0.5, 0.6) is 0 Å². The number of carbonyl (C=O) groups excluding carboxylic acids is 3. The molecule has 0 aromatic rings.